The second-order valence-electron chi connectivity index (χ2n) is 4.02. The van der Waals surface area contributed by atoms with Crippen LogP contribution in [0.2, 0.25) is 0 Å². The zero-order valence-electron chi connectivity index (χ0n) is 11.2. The fraction of sp³-hybridized carbons (Fsp3) is 0.267. The van der Waals surface area contributed by atoms with Gasteiger partial charge in [0.1, 0.15) is 5.75 Å². The number of hydrogen-bond donors (Lipinski definition) is 1. The van der Waals surface area contributed by atoms with Crippen LogP contribution in [0.1, 0.15) is 12.6 Å². The molecular weight excluding hydrogens is 240 g/mol. The lowest BCUT2D eigenvalue weighted by Crippen LogP contribution is -2.12. The van der Waals surface area contributed by atoms with E-state index in [9.17, 15) is 0 Å². The fourth-order valence-electron chi connectivity index (χ4n) is 1.70. The van der Waals surface area contributed by atoms with Gasteiger partial charge in [0.2, 0.25) is 0 Å². The Morgan fingerprint density at radius 2 is 1.95 bits per heavy atom. The lowest BCUT2D eigenvalue weighted by atomic mass is 10.3. The molecule has 1 N–H and O–H groups in total. The summed E-state index contributed by atoms with van der Waals surface area (Å²) >= 11 is 0. The minimum atomic E-state index is 0.700. The number of pyridine rings is 1. The molecule has 2 rings (SSSR count). The monoisotopic (exact) mass is 258 g/mol. The third-order valence-electron chi connectivity index (χ3n) is 2.64. The number of rotatable bonds is 6. The van der Waals surface area contributed by atoms with Crippen LogP contribution in [0.15, 0.2) is 42.6 Å². The molecule has 0 atom stereocenters. The molecule has 0 saturated heterocycles. The van der Waals surface area contributed by atoms with Crippen LogP contribution < -0.4 is 14.8 Å². The van der Waals surface area contributed by atoms with Crippen LogP contribution in [0, 0.1) is 0 Å². The van der Waals surface area contributed by atoms with Gasteiger partial charge in [-0.1, -0.05) is 19.1 Å². The highest BCUT2D eigenvalue weighted by atomic mass is 16.5. The van der Waals surface area contributed by atoms with Crippen molar-refractivity contribution in [3.63, 3.8) is 0 Å². The Morgan fingerprint density at radius 3 is 2.68 bits per heavy atom. The average Bonchev–Trinajstić information content (AvgIpc) is 2.46. The van der Waals surface area contributed by atoms with Crippen molar-refractivity contribution in [3.8, 4) is 17.2 Å². The summed E-state index contributed by atoms with van der Waals surface area (Å²) in [4.78, 5) is 4.29. The van der Waals surface area contributed by atoms with Crippen LogP contribution in [0.4, 0.5) is 0 Å². The van der Waals surface area contributed by atoms with Gasteiger partial charge in [0.25, 0.3) is 0 Å². The van der Waals surface area contributed by atoms with Crippen molar-refractivity contribution in [1.29, 1.82) is 0 Å². The SMILES string of the molecule is CCNCc1cc(Oc2ccccc2OC)ccn1. The van der Waals surface area contributed by atoms with Crippen LogP contribution in [-0.4, -0.2) is 18.6 Å². The van der Waals surface area contributed by atoms with Crippen LogP contribution in [0.3, 0.4) is 0 Å². The van der Waals surface area contributed by atoms with Gasteiger partial charge in [0.15, 0.2) is 11.5 Å². The van der Waals surface area contributed by atoms with Gasteiger partial charge in [-0.05, 0) is 24.7 Å². The van der Waals surface area contributed by atoms with E-state index in [2.05, 4.69) is 17.2 Å². The lowest BCUT2D eigenvalue weighted by molar-refractivity contribution is 0.378. The molecule has 0 unspecified atom stereocenters. The molecule has 0 fully saturated rings. The third kappa shape index (κ3) is 3.69. The Morgan fingerprint density at radius 1 is 1.16 bits per heavy atom. The fourth-order valence-corrected chi connectivity index (χ4v) is 1.70. The Balaban J connectivity index is 2.14. The molecule has 2 aromatic rings. The van der Waals surface area contributed by atoms with Crippen LogP contribution >= 0.6 is 0 Å². The van der Waals surface area contributed by atoms with Crippen molar-refractivity contribution in [2.24, 2.45) is 0 Å². The maximum absolute atomic E-state index is 5.83. The molecule has 0 amide bonds. The summed E-state index contributed by atoms with van der Waals surface area (Å²) < 4.78 is 11.1. The topological polar surface area (TPSA) is 43.4 Å². The van der Waals surface area contributed by atoms with Crippen LogP contribution in [0.25, 0.3) is 0 Å². The number of nitrogens with one attached hydrogen (secondary N) is 1. The number of methoxy groups -OCH3 is 1. The molecular formula is C15H18N2O2. The van der Waals surface area contributed by atoms with E-state index in [1.54, 1.807) is 13.3 Å². The number of ether oxygens (including phenoxy) is 2. The Bertz CT molecular complexity index is 529. The lowest BCUT2D eigenvalue weighted by Gasteiger charge is -2.10. The zero-order chi connectivity index (χ0) is 13.5. The smallest absolute Gasteiger partial charge is 0.169 e. The Kier molecular flexibility index (Phi) is 4.75. The molecule has 0 spiro atoms. The van der Waals surface area contributed by atoms with Crippen LogP contribution in [0.5, 0.6) is 17.2 Å². The molecule has 4 nitrogen and oxygen atoms in total. The average molecular weight is 258 g/mol. The summed E-state index contributed by atoms with van der Waals surface area (Å²) in [7, 11) is 1.63. The molecule has 0 radical (unpaired) electrons. The number of nitrogens with zero attached hydrogens (tertiary/aromatic N) is 1. The molecule has 19 heavy (non-hydrogen) atoms. The highest BCUT2D eigenvalue weighted by Crippen LogP contribution is 2.30. The van der Waals surface area contributed by atoms with E-state index in [1.165, 1.54) is 0 Å². The van der Waals surface area contributed by atoms with Crippen molar-refractivity contribution in [2.75, 3.05) is 13.7 Å². The normalized spacial score (nSPS) is 10.2. The molecule has 1 heterocycles. The molecule has 0 aliphatic heterocycles. The number of hydrogen-bond acceptors (Lipinski definition) is 4. The summed E-state index contributed by atoms with van der Waals surface area (Å²) in [6, 6.07) is 11.3. The maximum Gasteiger partial charge on any atom is 0.169 e. The van der Waals surface area contributed by atoms with Gasteiger partial charge in [-0.2, -0.15) is 0 Å². The predicted molar refractivity (Wildman–Crippen MR) is 74.7 cm³/mol. The quantitative estimate of drug-likeness (QED) is 0.865. The van der Waals surface area contributed by atoms with Crippen molar-refractivity contribution in [1.82, 2.24) is 10.3 Å². The summed E-state index contributed by atoms with van der Waals surface area (Å²) in [5, 5.41) is 3.24. The Labute approximate surface area is 113 Å². The highest BCUT2D eigenvalue weighted by Gasteiger charge is 2.05. The number of para-hydroxylation sites is 2. The molecule has 0 aliphatic carbocycles. The first kappa shape index (κ1) is 13.4. The summed E-state index contributed by atoms with van der Waals surface area (Å²) in [5.41, 5.74) is 0.953. The second kappa shape index (κ2) is 6.75. The first-order valence-corrected chi connectivity index (χ1v) is 6.30. The van der Waals surface area contributed by atoms with Gasteiger partial charge in [-0.15, -0.1) is 0 Å². The van der Waals surface area contributed by atoms with Crippen molar-refractivity contribution in [2.45, 2.75) is 13.5 Å². The predicted octanol–water partition coefficient (Wildman–Crippen LogP) is 2.99. The molecule has 100 valence electrons. The molecule has 1 aromatic heterocycles. The highest BCUT2D eigenvalue weighted by molar-refractivity contribution is 5.42. The van der Waals surface area contributed by atoms with E-state index >= 15 is 0 Å². The van der Waals surface area contributed by atoms with E-state index in [4.69, 9.17) is 9.47 Å². The standard InChI is InChI=1S/C15H18N2O2/c1-3-16-11-12-10-13(8-9-17-12)19-15-7-5-4-6-14(15)18-2/h4-10,16H,3,11H2,1-2H3. The van der Waals surface area contributed by atoms with Crippen LogP contribution in [-0.2, 0) is 6.54 Å². The second-order valence-corrected chi connectivity index (χ2v) is 4.02. The van der Waals surface area contributed by atoms with E-state index in [0.29, 0.717) is 11.5 Å². The van der Waals surface area contributed by atoms with Gasteiger partial charge in [-0.25, -0.2) is 0 Å². The third-order valence-corrected chi connectivity index (χ3v) is 2.64. The molecule has 0 bridgehead atoms. The molecule has 4 heteroatoms. The van der Waals surface area contributed by atoms with Crippen molar-refractivity contribution < 1.29 is 9.47 Å². The first-order chi connectivity index (χ1) is 9.33. The van der Waals surface area contributed by atoms with E-state index in [-0.39, 0.29) is 0 Å². The van der Waals surface area contributed by atoms with Gasteiger partial charge in [0.05, 0.1) is 12.8 Å². The zero-order valence-corrected chi connectivity index (χ0v) is 11.2. The minimum Gasteiger partial charge on any atom is -0.493 e. The van der Waals surface area contributed by atoms with Crippen molar-refractivity contribution in [3.05, 3.63) is 48.3 Å². The van der Waals surface area contributed by atoms with Crippen molar-refractivity contribution >= 4 is 0 Å². The van der Waals surface area contributed by atoms with E-state index in [1.807, 2.05) is 36.4 Å². The maximum atomic E-state index is 5.83. The van der Waals surface area contributed by atoms with Gasteiger partial charge in [0, 0.05) is 18.8 Å². The summed E-state index contributed by atoms with van der Waals surface area (Å²) in [6.45, 7) is 3.72. The van der Waals surface area contributed by atoms with Gasteiger partial charge < -0.3 is 14.8 Å². The number of aromatic nitrogens is 1. The van der Waals surface area contributed by atoms with E-state index < -0.39 is 0 Å². The molecule has 1 aromatic carbocycles. The largest absolute Gasteiger partial charge is 0.493 e. The molecule has 0 aliphatic rings. The first-order valence-electron chi connectivity index (χ1n) is 6.30. The summed E-state index contributed by atoms with van der Waals surface area (Å²) in [6.07, 6.45) is 1.75. The summed E-state index contributed by atoms with van der Waals surface area (Å²) in [5.74, 6) is 2.17. The molecule has 0 saturated carbocycles. The van der Waals surface area contributed by atoms with E-state index in [0.717, 1.165) is 24.5 Å². The number of benzene rings is 1. The Hall–Kier alpha value is -2.07. The minimum absolute atomic E-state index is 0.700. The van der Waals surface area contributed by atoms with Gasteiger partial charge in [-0.3, -0.25) is 4.98 Å². The van der Waals surface area contributed by atoms with Gasteiger partial charge >= 0.3 is 0 Å².